The SMILES string of the molecule is COCCC(=O)NC(Cc1cc(Cl)cc(Cl)c1)C(=O)O. The van der Waals surface area contributed by atoms with Crippen LogP contribution >= 0.6 is 23.2 Å². The topological polar surface area (TPSA) is 75.6 Å². The number of nitrogens with one attached hydrogen (secondary N) is 1. The van der Waals surface area contributed by atoms with E-state index < -0.39 is 12.0 Å². The summed E-state index contributed by atoms with van der Waals surface area (Å²) < 4.78 is 4.76. The molecule has 7 heteroatoms. The number of carboxylic acids is 1. The average Bonchev–Trinajstić information content (AvgIpc) is 2.34. The Morgan fingerprint density at radius 1 is 1.30 bits per heavy atom. The number of carbonyl (C=O) groups excluding carboxylic acids is 1. The predicted octanol–water partition coefficient (Wildman–Crippen LogP) is 2.14. The minimum absolute atomic E-state index is 0.105. The van der Waals surface area contributed by atoms with Crippen LogP contribution in [0.3, 0.4) is 0 Å². The van der Waals surface area contributed by atoms with Gasteiger partial charge < -0.3 is 15.2 Å². The molecule has 1 aromatic rings. The van der Waals surface area contributed by atoms with Crippen molar-refractivity contribution < 1.29 is 19.4 Å². The molecule has 0 bridgehead atoms. The van der Waals surface area contributed by atoms with E-state index in [2.05, 4.69) is 5.32 Å². The van der Waals surface area contributed by atoms with Crippen LogP contribution in [0.4, 0.5) is 0 Å². The highest BCUT2D eigenvalue weighted by Gasteiger charge is 2.20. The minimum atomic E-state index is -1.12. The third-order valence-corrected chi connectivity index (χ3v) is 2.97. The van der Waals surface area contributed by atoms with Gasteiger partial charge in [0.2, 0.25) is 5.91 Å². The lowest BCUT2D eigenvalue weighted by Gasteiger charge is -2.15. The van der Waals surface area contributed by atoms with E-state index in [1.807, 2.05) is 0 Å². The number of methoxy groups -OCH3 is 1. The second-order valence-corrected chi connectivity index (χ2v) is 5.06. The Balaban J connectivity index is 2.72. The van der Waals surface area contributed by atoms with E-state index in [0.29, 0.717) is 15.6 Å². The predicted molar refractivity (Wildman–Crippen MR) is 76.2 cm³/mol. The standard InChI is InChI=1S/C13H15Cl2NO4/c1-20-3-2-12(17)16-11(13(18)19)6-8-4-9(14)7-10(15)5-8/h4-5,7,11H,2-3,6H2,1H3,(H,16,17)(H,18,19). The highest BCUT2D eigenvalue weighted by atomic mass is 35.5. The molecule has 1 rings (SSSR count). The van der Waals surface area contributed by atoms with Crippen LogP contribution in [0.5, 0.6) is 0 Å². The highest BCUT2D eigenvalue weighted by Crippen LogP contribution is 2.20. The van der Waals surface area contributed by atoms with Crippen LogP contribution in [0.15, 0.2) is 18.2 Å². The molecular weight excluding hydrogens is 305 g/mol. The number of hydrogen-bond acceptors (Lipinski definition) is 3. The Labute approximate surface area is 126 Å². The molecule has 0 radical (unpaired) electrons. The molecule has 0 saturated heterocycles. The molecule has 1 atom stereocenters. The van der Waals surface area contributed by atoms with Gasteiger partial charge in [-0.05, 0) is 23.8 Å². The first-order chi connectivity index (χ1) is 9.42. The summed E-state index contributed by atoms with van der Waals surface area (Å²) in [7, 11) is 1.47. The maximum Gasteiger partial charge on any atom is 0.326 e. The summed E-state index contributed by atoms with van der Waals surface area (Å²) in [5, 5.41) is 12.4. The van der Waals surface area contributed by atoms with E-state index in [0.717, 1.165) is 0 Å². The zero-order valence-electron chi connectivity index (χ0n) is 10.9. The Morgan fingerprint density at radius 2 is 1.90 bits per heavy atom. The molecule has 110 valence electrons. The number of benzene rings is 1. The van der Waals surface area contributed by atoms with E-state index in [9.17, 15) is 9.59 Å². The Kier molecular flexibility index (Phi) is 6.78. The van der Waals surface area contributed by atoms with Crippen LogP contribution < -0.4 is 5.32 Å². The maximum absolute atomic E-state index is 11.5. The number of amides is 1. The van der Waals surface area contributed by atoms with Crippen LogP contribution in [0, 0.1) is 0 Å². The third-order valence-electron chi connectivity index (χ3n) is 2.53. The molecule has 1 aromatic carbocycles. The van der Waals surface area contributed by atoms with Gasteiger partial charge in [0.1, 0.15) is 6.04 Å². The van der Waals surface area contributed by atoms with Crippen molar-refractivity contribution in [2.75, 3.05) is 13.7 Å². The quantitative estimate of drug-likeness (QED) is 0.807. The number of ether oxygens (including phenoxy) is 1. The zero-order valence-corrected chi connectivity index (χ0v) is 12.4. The van der Waals surface area contributed by atoms with E-state index in [1.165, 1.54) is 7.11 Å². The third kappa shape index (κ3) is 5.77. The first-order valence-corrected chi connectivity index (χ1v) is 6.64. The van der Waals surface area contributed by atoms with Gasteiger partial charge >= 0.3 is 5.97 Å². The van der Waals surface area contributed by atoms with Gasteiger partial charge in [-0.2, -0.15) is 0 Å². The second kappa shape index (κ2) is 8.09. The van der Waals surface area contributed by atoms with Gasteiger partial charge in [-0.25, -0.2) is 4.79 Å². The lowest BCUT2D eigenvalue weighted by Crippen LogP contribution is -2.42. The molecule has 0 aromatic heterocycles. The zero-order chi connectivity index (χ0) is 15.1. The highest BCUT2D eigenvalue weighted by molar-refractivity contribution is 6.34. The number of carbonyl (C=O) groups is 2. The van der Waals surface area contributed by atoms with Gasteiger partial charge in [-0.1, -0.05) is 23.2 Å². The first-order valence-electron chi connectivity index (χ1n) is 5.88. The van der Waals surface area contributed by atoms with Crippen LogP contribution in [-0.4, -0.2) is 36.7 Å². The van der Waals surface area contributed by atoms with Gasteiger partial charge in [0, 0.05) is 30.0 Å². The minimum Gasteiger partial charge on any atom is -0.480 e. The van der Waals surface area contributed by atoms with Crippen molar-refractivity contribution in [2.45, 2.75) is 18.9 Å². The van der Waals surface area contributed by atoms with Gasteiger partial charge in [0.25, 0.3) is 0 Å². The number of halogens is 2. The number of carboxylic acid groups (broad SMARTS) is 1. The van der Waals surface area contributed by atoms with Crippen molar-refractivity contribution in [2.24, 2.45) is 0 Å². The molecule has 1 amide bonds. The molecule has 1 unspecified atom stereocenters. The molecule has 20 heavy (non-hydrogen) atoms. The van der Waals surface area contributed by atoms with Crippen LogP contribution in [-0.2, 0) is 20.7 Å². The lowest BCUT2D eigenvalue weighted by atomic mass is 10.1. The fourth-order valence-electron chi connectivity index (χ4n) is 1.63. The van der Waals surface area contributed by atoms with Gasteiger partial charge in [0.05, 0.1) is 6.61 Å². The normalized spacial score (nSPS) is 11.9. The van der Waals surface area contributed by atoms with Crippen LogP contribution in [0.1, 0.15) is 12.0 Å². The fourth-order valence-corrected chi connectivity index (χ4v) is 2.20. The summed E-state index contributed by atoms with van der Waals surface area (Å²) in [4.78, 5) is 22.7. The molecule has 2 N–H and O–H groups in total. The number of rotatable bonds is 7. The fraction of sp³-hybridized carbons (Fsp3) is 0.385. The summed E-state index contributed by atoms with van der Waals surface area (Å²) in [6.45, 7) is 0.237. The van der Waals surface area contributed by atoms with Crippen molar-refractivity contribution in [3.8, 4) is 0 Å². The number of aliphatic carboxylic acids is 1. The molecule has 0 aliphatic rings. The summed E-state index contributed by atoms with van der Waals surface area (Å²) in [5.41, 5.74) is 0.641. The van der Waals surface area contributed by atoms with Crippen molar-refractivity contribution in [1.82, 2.24) is 5.32 Å². The monoisotopic (exact) mass is 319 g/mol. The molecule has 0 heterocycles. The second-order valence-electron chi connectivity index (χ2n) is 4.18. The smallest absolute Gasteiger partial charge is 0.326 e. The molecular formula is C13H15Cl2NO4. The summed E-state index contributed by atoms with van der Waals surface area (Å²) in [6.07, 6.45) is 0.213. The summed E-state index contributed by atoms with van der Waals surface area (Å²) in [6, 6.07) is 3.75. The largest absolute Gasteiger partial charge is 0.480 e. The average molecular weight is 320 g/mol. The van der Waals surface area contributed by atoms with Crippen molar-refractivity contribution in [3.63, 3.8) is 0 Å². The first kappa shape index (κ1) is 16.8. The van der Waals surface area contributed by atoms with Crippen LogP contribution in [0.2, 0.25) is 10.0 Å². The molecule has 0 spiro atoms. The van der Waals surface area contributed by atoms with E-state index in [-0.39, 0.29) is 25.4 Å². The Morgan fingerprint density at radius 3 is 2.40 bits per heavy atom. The maximum atomic E-state index is 11.5. The lowest BCUT2D eigenvalue weighted by molar-refractivity contribution is -0.141. The van der Waals surface area contributed by atoms with Gasteiger partial charge in [-0.3, -0.25) is 4.79 Å². The van der Waals surface area contributed by atoms with Crippen molar-refractivity contribution in [3.05, 3.63) is 33.8 Å². The molecule has 5 nitrogen and oxygen atoms in total. The van der Waals surface area contributed by atoms with E-state index in [4.69, 9.17) is 33.0 Å². The molecule has 0 aliphatic carbocycles. The molecule has 0 aliphatic heterocycles. The van der Waals surface area contributed by atoms with Gasteiger partial charge in [0.15, 0.2) is 0 Å². The van der Waals surface area contributed by atoms with Crippen LogP contribution in [0.25, 0.3) is 0 Å². The Bertz CT molecular complexity index is 473. The Hall–Kier alpha value is -1.30. The van der Waals surface area contributed by atoms with Crippen molar-refractivity contribution in [1.29, 1.82) is 0 Å². The van der Waals surface area contributed by atoms with Gasteiger partial charge in [-0.15, -0.1) is 0 Å². The summed E-state index contributed by atoms with van der Waals surface area (Å²) in [5.74, 6) is -1.50. The number of hydrogen-bond donors (Lipinski definition) is 2. The summed E-state index contributed by atoms with van der Waals surface area (Å²) >= 11 is 11.7. The van der Waals surface area contributed by atoms with E-state index >= 15 is 0 Å². The molecule has 0 fully saturated rings. The molecule has 0 saturated carbocycles. The van der Waals surface area contributed by atoms with E-state index in [1.54, 1.807) is 18.2 Å². The van der Waals surface area contributed by atoms with Crippen molar-refractivity contribution >= 4 is 35.1 Å².